The molecular weight excluding hydrogens is 388 g/mol. The van der Waals surface area contributed by atoms with Gasteiger partial charge in [-0.05, 0) is 58.3 Å². The van der Waals surface area contributed by atoms with Crippen LogP contribution in [0.5, 0.6) is 0 Å². The van der Waals surface area contributed by atoms with Gasteiger partial charge in [0.05, 0.1) is 16.8 Å². The van der Waals surface area contributed by atoms with Gasteiger partial charge in [0.15, 0.2) is 18.9 Å². The summed E-state index contributed by atoms with van der Waals surface area (Å²) in [7, 11) is 0. The molecule has 0 bridgehead atoms. The third-order valence-electron chi connectivity index (χ3n) is 5.35. The highest BCUT2D eigenvalue weighted by atomic mass is 35.5. The van der Waals surface area contributed by atoms with E-state index in [0.29, 0.717) is 0 Å². The van der Waals surface area contributed by atoms with E-state index in [9.17, 15) is 0 Å². The Morgan fingerprint density at radius 1 is 0.900 bits per heavy atom. The van der Waals surface area contributed by atoms with E-state index < -0.39 is 0 Å². The molecule has 144 valence electrons. The third kappa shape index (κ3) is 3.36. The predicted molar refractivity (Wildman–Crippen MR) is 126 cm³/mol. The van der Waals surface area contributed by atoms with Crippen LogP contribution in [0.4, 0.5) is 0 Å². The molecule has 2 aromatic heterocycles. The summed E-state index contributed by atoms with van der Waals surface area (Å²) >= 11 is 6.16. The summed E-state index contributed by atoms with van der Waals surface area (Å²) in [6, 6.07) is 27.1. The van der Waals surface area contributed by atoms with Crippen molar-refractivity contribution in [1.82, 2.24) is 4.98 Å². The zero-order valence-corrected chi connectivity index (χ0v) is 17.2. The Labute approximate surface area is 180 Å². The molecule has 2 heterocycles. The standard InChI is InChI=1S/C27H20ClN2/c1-2-15-30-16-5-7-21(18-30)26-17-24(20-9-12-22(28)13-10-20)27-23-8-4-3-6-19(23)11-14-25(27)29-26/h2-14,16-18H,1,15H2/q+1. The van der Waals surface area contributed by atoms with Gasteiger partial charge in [0.25, 0.3) is 0 Å². The molecule has 0 aliphatic heterocycles. The number of pyridine rings is 2. The molecule has 0 saturated carbocycles. The lowest BCUT2D eigenvalue weighted by molar-refractivity contribution is -0.686. The molecule has 0 unspecified atom stereocenters. The van der Waals surface area contributed by atoms with Crippen LogP contribution in [0.2, 0.25) is 5.02 Å². The van der Waals surface area contributed by atoms with E-state index in [1.807, 2.05) is 30.5 Å². The van der Waals surface area contributed by atoms with Crippen LogP contribution in [-0.4, -0.2) is 4.98 Å². The van der Waals surface area contributed by atoms with Crippen molar-refractivity contribution < 1.29 is 4.57 Å². The third-order valence-corrected chi connectivity index (χ3v) is 5.60. The van der Waals surface area contributed by atoms with E-state index >= 15 is 0 Å². The summed E-state index contributed by atoms with van der Waals surface area (Å²) in [6.45, 7) is 4.60. The molecule has 5 aromatic rings. The maximum Gasteiger partial charge on any atom is 0.178 e. The second-order valence-corrected chi connectivity index (χ2v) is 7.76. The number of rotatable bonds is 4. The van der Waals surface area contributed by atoms with Crippen molar-refractivity contribution in [2.45, 2.75) is 6.54 Å². The van der Waals surface area contributed by atoms with E-state index in [1.165, 1.54) is 10.8 Å². The first-order valence-electron chi connectivity index (χ1n) is 9.92. The summed E-state index contributed by atoms with van der Waals surface area (Å²) in [6.07, 6.45) is 6.05. The zero-order chi connectivity index (χ0) is 20.5. The van der Waals surface area contributed by atoms with Gasteiger partial charge in [-0.2, -0.15) is 0 Å². The van der Waals surface area contributed by atoms with Crippen molar-refractivity contribution in [2.75, 3.05) is 0 Å². The average Bonchev–Trinajstić information content (AvgIpc) is 2.79. The highest BCUT2D eigenvalue weighted by Crippen LogP contribution is 2.36. The number of hydrogen-bond donors (Lipinski definition) is 0. The highest BCUT2D eigenvalue weighted by molar-refractivity contribution is 6.30. The fourth-order valence-electron chi connectivity index (χ4n) is 3.95. The minimum atomic E-state index is 0.732. The maximum atomic E-state index is 6.16. The number of allylic oxidation sites excluding steroid dienone is 1. The van der Waals surface area contributed by atoms with E-state index in [2.05, 4.69) is 78.0 Å². The Morgan fingerprint density at radius 3 is 2.57 bits per heavy atom. The summed E-state index contributed by atoms with van der Waals surface area (Å²) in [5.74, 6) is 0. The minimum Gasteiger partial charge on any atom is -0.247 e. The fraction of sp³-hybridized carbons (Fsp3) is 0.0370. The number of nitrogens with zero attached hydrogens (tertiary/aromatic N) is 2. The normalized spacial score (nSPS) is 11.1. The molecule has 0 spiro atoms. The molecule has 0 radical (unpaired) electrons. The molecule has 0 atom stereocenters. The largest absolute Gasteiger partial charge is 0.247 e. The Bertz CT molecular complexity index is 1390. The van der Waals surface area contributed by atoms with Crippen LogP contribution in [-0.2, 0) is 6.54 Å². The SMILES string of the molecule is C=CC[n+]1cccc(-c2cc(-c3ccc(Cl)cc3)c3c(ccc4ccccc43)n2)c1. The fourth-order valence-corrected chi connectivity index (χ4v) is 4.07. The maximum absolute atomic E-state index is 6.16. The topological polar surface area (TPSA) is 16.8 Å². The van der Waals surface area contributed by atoms with Crippen molar-refractivity contribution in [3.63, 3.8) is 0 Å². The molecule has 0 saturated heterocycles. The van der Waals surface area contributed by atoms with Gasteiger partial charge in [0.1, 0.15) is 0 Å². The molecule has 0 fully saturated rings. The monoisotopic (exact) mass is 407 g/mol. The van der Waals surface area contributed by atoms with Gasteiger partial charge in [-0.3, -0.25) is 0 Å². The Kier molecular flexibility index (Phi) is 4.78. The van der Waals surface area contributed by atoms with Crippen molar-refractivity contribution in [1.29, 1.82) is 0 Å². The number of hydrogen-bond acceptors (Lipinski definition) is 1. The first-order valence-corrected chi connectivity index (χ1v) is 10.3. The minimum absolute atomic E-state index is 0.732. The molecule has 2 nitrogen and oxygen atoms in total. The zero-order valence-electron chi connectivity index (χ0n) is 16.4. The lowest BCUT2D eigenvalue weighted by Gasteiger charge is -2.13. The van der Waals surface area contributed by atoms with Gasteiger partial charge in [-0.1, -0.05) is 60.6 Å². The average molecular weight is 408 g/mol. The lowest BCUT2D eigenvalue weighted by atomic mass is 9.95. The quantitative estimate of drug-likeness (QED) is 0.181. The van der Waals surface area contributed by atoms with Gasteiger partial charge >= 0.3 is 0 Å². The molecule has 3 heteroatoms. The predicted octanol–water partition coefficient (Wildman–Crippen LogP) is 6.85. The van der Waals surface area contributed by atoms with E-state index in [-0.39, 0.29) is 0 Å². The van der Waals surface area contributed by atoms with Crippen LogP contribution in [0.3, 0.4) is 0 Å². The van der Waals surface area contributed by atoms with E-state index in [4.69, 9.17) is 16.6 Å². The summed E-state index contributed by atoms with van der Waals surface area (Å²) in [5, 5.41) is 4.30. The van der Waals surface area contributed by atoms with Crippen molar-refractivity contribution >= 4 is 33.3 Å². The Balaban J connectivity index is 1.83. The molecule has 0 N–H and O–H groups in total. The van der Waals surface area contributed by atoms with Gasteiger partial charge in [-0.25, -0.2) is 9.55 Å². The second-order valence-electron chi connectivity index (χ2n) is 7.32. The van der Waals surface area contributed by atoms with Gasteiger partial charge in [0.2, 0.25) is 0 Å². The highest BCUT2D eigenvalue weighted by Gasteiger charge is 2.14. The van der Waals surface area contributed by atoms with Gasteiger partial charge in [-0.15, -0.1) is 0 Å². The number of aromatic nitrogens is 2. The van der Waals surface area contributed by atoms with Crippen LogP contribution in [0.1, 0.15) is 0 Å². The molecule has 30 heavy (non-hydrogen) atoms. The Morgan fingerprint density at radius 2 is 1.73 bits per heavy atom. The first kappa shape index (κ1) is 18.5. The smallest absolute Gasteiger partial charge is 0.178 e. The van der Waals surface area contributed by atoms with Crippen molar-refractivity contribution in [3.8, 4) is 22.4 Å². The van der Waals surface area contributed by atoms with Crippen LogP contribution < -0.4 is 4.57 Å². The van der Waals surface area contributed by atoms with Crippen molar-refractivity contribution in [3.05, 3.63) is 109 Å². The molecular formula is C27H20ClN2+. The molecule has 0 aliphatic carbocycles. The van der Waals surface area contributed by atoms with Gasteiger partial charge in [0, 0.05) is 16.5 Å². The lowest BCUT2D eigenvalue weighted by Crippen LogP contribution is -2.31. The number of benzene rings is 3. The molecule has 3 aromatic carbocycles. The molecule has 5 rings (SSSR count). The summed E-state index contributed by atoms with van der Waals surface area (Å²) in [5.41, 5.74) is 5.28. The van der Waals surface area contributed by atoms with Crippen LogP contribution in [0.25, 0.3) is 44.1 Å². The van der Waals surface area contributed by atoms with Crippen molar-refractivity contribution in [2.24, 2.45) is 0 Å². The molecule has 0 aliphatic rings. The molecule has 0 amide bonds. The Hall–Kier alpha value is -3.49. The second kappa shape index (κ2) is 7.74. The van der Waals surface area contributed by atoms with E-state index in [0.717, 1.165) is 44.9 Å². The number of halogens is 1. The van der Waals surface area contributed by atoms with Crippen LogP contribution in [0, 0.1) is 0 Å². The van der Waals surface area contributed by atoms with Crippen LogP contribution in [0.15, 0.2) is 104 Å². The summed E-state index contributed by atoms with van der Waals surface area (Å²) < 4.78 is 2.11. The van der Waals surface area contributed by atoms with Crippen LogP contribution >= 0.6 is 11.6 Å². The summed E-state index contributed by atoms with van der Waals surface area (Å²) in [4.78, 5) is 5.04. The van der Waals surface area contributed by atoms with E-state index in [1.54, 1.807) is 0 Å². The van der Waals surface area contributed by atoms with Gasteiger partial charge < -0.3 is 0 Å². The first-order chi connectivity index (χ1) is 14.7. The number of fused-ring (bicyclic) bond motifs is 3.